The monoisotopic (exact) mass is 342 g/mol. The van der Waals surface area contributed by atoms with Crippen molar-refractivity contribution in [3.05, 3.63) is 30.5 Å². The van der Waals surface area contributed by atoms with Gasteiger partial charge in [-0.2, -0.15) is 0 Å². The Kier molecular flexibility index (Phi) is 5.63. The smallest absolute Gasteiger partial charge is 0.218 e. The standard InChI is InChI=1S/C18H26N6O/c1-4-25-17-11-15(20-12-21-17)22-14-6-9-24(10-7-14)16-5-8-19-18(23-16)13(2)3/h5,8,11-14H,4,6-7,9-10H2,1-3H3,(H,20,21,22). The van der Waals surface area contributed by atoms with Gasteiger partial charge < -0.3 is 15.0 Å². The van der Waals surface area contributed by atoms with E-state index in [0.29, 0.717) is 24.4 Å². The Labute approximate surface area is 148 Å². The van der Waals surface area contributed by atoms with Crippen molar-refractivity contribution in [2.45, 2.75) is 45.6 Å². The van der Waals surface area contributed by atoms with Gasteiger partial charge in [-0.15, -0.1) is 0 Å². The van der Waals surface area contributed by atoms with E-state index < -0.39 is 0 Å². The molecule has 134 valence electrons. The molecule has 25 heavy (non-hydrogen) atoms. The normalized spacial score (nSPS) is 15.4. The number of ether oxygens (including phenoxy) is 1. The van der Waals surface area contributed by atoms with Crippen LogP contribution in [0.2, 0.25) is 0 Å². The van der Waals surface area contributed by atoms with E-state index in [-0.39, 0.29) is 0 Å². The number of anilines is 2. The SMILES string of the molecule is CCOc1cc(NC2CCN(c3ccnc(C(C)C)n3)CC2)ncn1. The second kappa shape index (κ2) is 8.09. The van der Waals surface area contributed by atoms with Crippen LogP contribution < -0.4 is 15.0 Å². The number of hydrogen-bond donors (Lipinski definition) is 1. The molecule has 0 spiro atoms. The predicted molar refractivity (Wildman–Crippen MR) is 98.2 cm³/mol. The summed E-state index contributed by atoms with van der Waals surface area (Å²) in [6.45, 7) is 8.72. The number of piperidine rings is 1. The summed E-state index contributed by atoms with van der Waals surface area (Å²) in [5.41, 5.74) is 0. The lowest BCUT2D eigenvalue weighted by Crippen LogP contribution is -2.39. The summed E-state index contributed by atoms with van der Waals surface area (Å²) in [7, 11) is 0. The van der Waals surface area contributed by atoms with Gasteiger partial charge in [0.05, 0.1) is 6.61 Å². The second-order valence-electron chi connectivity index (χ2n) is 6.51. The largest absolute Gasteiger partial charge is 0.478 e. The van der Waals surface area contributed by atoms with Gasteiger partial charge in [0, 0.05) is 37.3 Å². The van der Waals surface area contributed by atoms with Crippen LogP contribution in [0.5, 0.6) is 5.88 Å². The zero-order valence-electron chi connectivity index (χ0n) is 15.1. The molecule has 1 aliphatic heterocycles. The van der Waals surface area contributed by atoms with Gasteiger partial charge >= 0.3 is 0 Å². The number of hydrogen-bond acceptors (Lipinski definition) is 7. The minimum atomic E-state index is 0.344. The number of rotatable bonds is 6. The van der Waals surface area contributed by atoms with Gasteiger partial charge in [-0.05, 0) is 25.8 Å². The highest BCUT2D eigenvalue weighted by molar-refractivity contribution is 5.41. The lowest BCUT2D eigenvalue weighted by Gasteiger charge is -2.33. The molecule has 0 aliphatic carbocycles. The van der Waals surface area contributed by atoms with Crippen molar-refractivity contribution >= 4 is 11.6 Å². The maximum atomic E-state index is 5.43. The third-order valence-electron chi connectivity index (χ3n) is 4.28. The van der Waals surface area contributed by atoms with Crippen LogP contribution in [-0.4, -0.2) is 45.7 Å². The fourth-order valence-corrected chi connectivity index (χ4v) is 2.93. The molecule has 1 N–H and O–H groups in total. The Hall–Kier alpha value is -2.44. The van der Waals surface area contributed by atoms with Crippen LogP contribution in [0.1, 0.15) is 45.4 Å². The minimum absolute atomic E-state index is 0.344. The van der Waals surface area contributed by atoms with Gasteiger partial charge in [-0.1, -0.05) is 13.8 Å². The van der Waals surface area contributed by atoms with E-state index in [1.807, 2.05) is 25.3 Å². The minimum Gasteiger partial charge on any atom is -0.478 e. The number of aromatic nitrogens is 4. The molecule has 3 rings (SSSR count). The van der Waals surface area contributed by atoms with Gasteiger partial charge in [0.2, 0.25) is 5.88 Å². The van der Waals surface area contributed by atoms with Crippen molar-refractivity contribution < 1.29 is 4.74 Å². The topological polar surface area (TPSA) is 76.1 Å². The Bertz CT molecular complexity index is 685. The lowest BCUT2D eigenvalue weighted by molar-refractivity contribution is 0.326. The van der Waals surface area contributed by atoms with Gasteiger partial charge in [-0.3, -0.25) is 0 Å². The van der Waals surface area contributed by atoms with E-state index in [2.05, 4.69) is 39.0 Å². The summed E-state index contributed by atoms with van der Waals surface area (Å²) < 4.78 is 5.43. The third-order valence-corrected chi connectivity index (χ3v) is 4.28. The first-order chi connectivity index (χ1) is 12.2. The molecule has 2 aromatic rings. The van der Waals surface area contributed by atoms with Crippen molar-refractivity contribution in [3.63, 3.8) is 0 Å². The van der Waals surface area contributed by atoms with E-state index in [1.54, 1.807) is 0 Å². The summed E-state index contributed by atoms with van der Waals surface area (Å²) in [4.78, 5) is 19.8. The third kappa shape index (κ3) is 4.55. The molecule has 0 bridgehead atoms. The van der Waals surface area contributed by atoms with Crippen molar-refractivity contribution in [1.29, 1.82) is 0 Å². The molecule has 0 amide bonds. The molecule has 2 aromatic heterocycles. The first-order valence-electron chi connectivity index (χ1n) is 8.95. The summed E-state index contributed by atoms with van der Waals surface area (Å²) in [6, 6.07) is 4.25. The van der Waals surface area contributed by atoms with Crippen molar-refractivity contribution in [3.8, 4) is 5.88 Å². The molecule has 7 heteroatoms. The van der Waals surface area contributed by atoms with E-state index in [1.165, 1.54) is 6.33 Å². The van der Waals surface area contributed by atoms with Crippen LogP contribution in [0, 0.1) is 0 Å². The molecular formula is C18H26N6O. The van der Waals surface area contributed by atoms with Crippen LogP contribution in [0.4, 0.5) is 11.6 Å². The Morgan fingerprint density at radius 3 is 2.76 bits per heavy atom. The zero-order chi connectivity index (χ0) is 17.6. The number of nitrogens with zero attached hydrogens (tertiary/aromatic N) is 5. The lowest BCUT2D eigenvalue weighted by atomic mass is 10.1. The molecule has 1 fully saturated rings. The van der Waals surface area contributed by atoms with E-state index >= 15 is 0 Å². The van der Waals surface area contributed by atoms with Crippen LogP contribution in [0.15, 0.2) is 24.7 Å². The molecule has 0 radical (unpaired) electrons. The summed E-state index contributed by atoms with van der Waals surface area (Å²) in [6.07, 6.45) is 5.47. The summed E-state index contributed by atoms with van der Waals surface area (Å²) in [5.74, 6) is 3.71. The molecule has 0 saturated carbocycles. The highest BCUT2D eigenvalue weighted by Crippen LogP contribution is 2.22. The Morgan fingerprint density at radius 2 is 2.04 bits per heavy atom. The maximum absolute atomic E-state index is 5.43. The highest BCUT2D eigenvalue weighted by atomic mass is 16.5. The molecule has 0 aromatic carbocycles. The first kappa shape index (κ1) is 17.4. The van der Waals surface area contributed by atoms with Gasteiger partial charge in [0.15, 0.2) is 0 Å². The quantitative estimate of drug-likeness (QED) is 0.865. The van der Waals surface area contributed by atoms with Crippen LogP contribution in [-0.2, 0) is 0 Å². The van der Waals surface area contributed by atoms with Crippen molar-refractivity contribution in [2.24, 2.45) is 0 Å². The average Bonchev–Trinajstić information content (AvgIpc) is 2.63. The molecular weight excluding hydrogens is 316 g/mol. The fourth-order valence-electron chi connectivity index (χ4n) is 2.93. The van der Waals surface area contributed by atoms with Crippen molar-refractivity contribution in [2.75, 3.05) is 29.9 Å². The fraction of sp³-hybridized carbons (Fsp3) is 0.556. The van der Waals surface area contributed by atoms with Crippen molar-refractivity contribution in [1.82, 2.24) is 19.9 Å². The summed E-state index contributed by atoms with van der Waals surface area (Å²) >= 11 is 0. The maximum Gasteiger partial charge on any atom is 0.218 e. The highest BCUT2D eigenvalue weighted by Gasteiger charge is 2.21. The average molecular weight is 342 g/mol. The second-order valence-corrected chi connectivity index (χ2v) is 6.51. The Morgan fingerprint density at radius 1 is 1.24 bits per heavy atom. The molecule has 1 aliphatic rings. The van der Waals surface area contributed by atoms with Crippen LogP contribution >= 0.6 is 0 Å². The van der Waals surface area contributed by atoms with Crippen LogP contribution in [0.3, 0.4) is 0 Å². The van der Waals surface area contributed by atoms with Gasteiger partial charge in [0.1, 0.15) is 23.8 Å². The van der Waals surface area contributed by atoms with Crippen LogP contribution in [0.25, 0.3) is 0 Å². The van der Waals surface area contributed by atoms with Gasteiger partial charge in [0.25, 0.3) is 0 Å². The molecule has 3 heterocycles. The summed E-state index contributed by atoms with van der Waals surface area (Å²) in [5, 5.41) is 3.49. The van der Waals surface area contributed by atoms with E-state index in [9.17, 15) is 0 Å². The molecule has 1 saturated heterocycles. The number of nitrogens with one attached hydrogen (secondary N) is 1. The Balaban J connectivity index is 1.57. The first-order valence-corrected chi connectivity index (χ1v) is 8.95. The van der Waals surface area contributed by atoms with E-state index in [0.717, 1.165) is 43.4 Å². The zero-order valence-corrected chi connectivity index (χ0v) is 15.1. The molecule has 0 unspecified atom stereocenters. The molecule has 0 atom stereocenters. The van der Waals surface area contributed by atoms with E-state index in [4.69, 9.17) is 9.72 Å². The van der Waals surface area contributed by atoms with Gasteiger partial charge in [-0.25, -0.2) is 19.9 Å². The molecule has 7 nitrogen and oxygen atoms in total. The predicted octanol–water partition coefficient (Wildman–Crippen LogP) is 2.87.